The zero-order chi connectivity index (χ0) is 16.5. The fourth-order valence-corrected chi connectivity index (χ4v) is 4.08. The lowest BCUT2D eigenvalue weighted by atomic mass is 9.99. The van der Waals surface area contributed by atoms with Gasteiger partial charge in [-0.2, -0.15) is 0 Å². The number of amides is 1. The third kappa shape index (κ3) is 2.86. The Kier molecular flexibility index (Phi) is 4.15. The first-order valence-electron chi connectivity index (χ1n) is 8.33. The second-order valence-electron chi connectivity index (χ2n) is 6.54. The molecule has 1 aliphatic carbocycles. The van der Waals surface area contributed by atoms with Crippen LogP contribution in [-0.2, 0) is 0 Å². The van der Waals surface area contributed by atoms with Crippen molar-refractivity contribution in [3.8, 4) is 5.75 Å². The number of rotatable bonds is 3. The fourth-order valence-electron chi connectivity index (χ4n) is 3.90. The van der Waals surface area contributed by atoms with Crippen LogP contribution in [0.3, 0.4) is 0 Å². The topological polar surface area (TPSA) is 42.4 Å². The Hall–Kier alpha value is -2.07. The van der Waals surface area contributed by atoms with Crippen LogP contribution in [0.25, 0.3) is 0 Å². The van der Waals surface area contributed by atoms with E-state index in [9.17, 15) is 4.79 Å². The first-order valence-corrected chi connectivity index (χ1v) is 8.70. The lowest BCUT2D eigenvalue weighted by Crippen LogP contribution is -2.32. The monoisotopic (exact) mass is 342 g/mol. The van der Waals surface area contributed by atoms with Gasteiger partial charge in [-0.25, -0.2) is 0 Å². The molecule has 5 heteroatoms. The van der Waals surface area contributed by atoms with Crippen molar-refractivity contribution in [2.75, 3.05) is 13.1 Å². The van der Waals surface area contributed by atoms with E-state index in [0.717, 1.165) is 31.7 Å². The van der Waals surface area contributed by atoms with Crippen molar-refractivity contribution in [3.05, 3.63) is 59.4 Å². The number of hydrogen-bond acceptors (Lipinski definition) is 3. The quantitative estimate of drug-likeness (QED) is 0.854. The first kappa shape index (κ1) is 15.5. The van der Waals surface area contributed by atoms with E-state index >= 15 is 0 Å². The number of pyridine rings is 1. The van der Waals surface area contributed by atoms with Crippen LogP contribution in [0.2, 0.25) is 5.02 Å². The number of hydrogen-bond donors (Lipinski definition) is 0. The summed E-state index contributed by atoms with van der Waals surface area (Å²) < 4.78 is 6.17. The van der Waals surface area contributed by atoms with Gasteiger partial charge in [0.05, 0.1) is 10.6 Å². The summed E-state index contributed by atoms with van der Waals surface area (Å²) >= 11 is 6.21. The van der Waals surface area contributed by atoms with Crippen LogP contribution in [-0.4, -0.2) is 35.0 Å². The minimum Gasteiger partial charge on any atom is -0.489 e. The highest BCUT2D eigenvalue weighted by Crippen LogP contribution is 2.41. The van der Waals surface area contributed by atoms with Gasteiger partial charge in [0.2, 0.25) is 0 Å². The fraction of sp³-hybridized carbons (Fsp3) is 0.368. The number of benzene rings is 1. The number of ether oxygens (including phenoxy) is 1. The number of carbonyl (C=O) groups is 1. The molecule has 2 fully saturated rings. The van der Waals surface area contributed by atoms with Gasteiger partial charge < -0.3 is 9.64 Å². The Morgan fingerprint density at radius 1 is 1.17 bits per heavy atom. The Balaban J connectivity index is 1.45. The predicted molar refractivity (Wildman–Crippen MR) is 92.2 cm³/mol. The summed E-state index contributed by atoms with van der Waals surface area (Å²) in [5.74, 6) is 1.69. The molecule has 0 bridgehead atoms. The molecule has 4 nitrogen and oxygen atoms in total. The number of fused-ring (bicyclic) bond motifs is 1. The number of halogens is 1. The second-order valence-corrected chi connectivity index (χ2v) is 6.95. The number of likely N-dealkylation sites (tertiary alicyclic amines) is 1. The average Bonchev–Trinajstić information content (AvgIpc) is 3.19. The van der Waals surface area contributed by atoms with Crippen LogP contribution in [0, 0.1) is 11.8 Å². The largest absolute Gasteiger partial charge is 0.489 e. The highest BCUT2D eigenvalue weighted by molar-refractivity contribution is 6.32. The molecule has 1 aromatic carbocycles. The summed E-state index contributed by atoms with van der Waals surface area (Å²) in [6, 6.07) is 11.2. The van der Waals surface area contributed by atoms with Gasteiger partial charge in [0, 0.05) is 31.4 Å². The van der Waals surface area contributed by atoms with E-state index in [2.05, 4.69) is 4.98 Å². The molecule has 1 saturated heterocycles. The lowest BCUT2D eigenvalue weighted by molar-refractivity contribution is 0.0762. The average molecular weight is 343 g/mol. The molecular weight excluding hydrogens is 324 g/mol. The van der Waals surface area contributed by atoms with E-state index in [1.807, 2.05) is 35.2 Å². The minimum atomic E-state index is 0.0639. The normalized spacial score (nSPS) is 25.5. The minimum absolute atomic E-state index is 0.0639. The van der Waals surface area contributed by atoms with Crippen LogP contribution in [0.5, 0.6) is 5.75 Å². The van der Waals surface area contributed by atoms with Gasteiger partial charge in [-0.05, 0) is 43.0 Å². The molecule has 1 aliphatic heterocycles. The summed E-state index contributed by atoms with van der Waals surface area (Å²) in [7, 11) is 0. The van der Waals surface area contributed by atoms with E-state index in [-0.39, 0.29) is 12.0 Å². The van der Waals surface area contributed by atoms with Crippen molar-refractivity contribution in [2.24, 2.45) is 11.8 Å². The van der Waals surface area contributed by atoms with Gasteiger partial charge in [0.1, 0.15) is 11.9 Å². The summed E-state index contributed by atoms with van der Waals surface area (Å²) in [6.07, 6.45) is 5.56. The molecule has 1 amide bonds. The molecule has 1 aromatic heterocycles. The highest BCUT2D eigenvalue weighted by Gasteiger charge is 2.45. The van der Waals surface area contributed by atoms with E-state index in [1.165, 1.54) is 0 Å². The van der Waals surface area contributed by atoms with E-state index in [0.29, 0.717) is 22.4 Å². The smallest absolute Gasteiger partial charge is 0.255 e. The van der Waals surface area contributed by atoms with Gasteiger partial charge in [-0.15, -0.1) is 0 Å². The molecule has 0 N–H and O–H groups in total. The molecule has 0 unspecified atom stereocenters. The third-order valence-electron chi connectivity index (χ3n) is 5.10. The Bertz CT molecular complexity index is 737. The predicted octanol–water partition coefficient (Wildman–Crippen LogP) is 3.66. The summed E-state index contributed by atoms with van der Waals surface area (Å²) in [6.45, 7) is 1.55. The highest BCUT2D eigenvalue weighted by atomic mass is 35.5. The molecule has 0 radical (unpaired) electrons. The summed E-state index contributed by atoms with van der Waals surface area (Å²) in [4.78, 5) is 18.6. The Labute approximate surface area is 146 Å². The molecule has 4 rings (SSSR count). The Morgan fingerprint density at radius 3 is 2.83 bits per heavy atom. The van der Waals surface area contributed by atoms with Crippen molar-refractivity contribution in [1.82, 2.24) is 9.88 Å². The maximum absolute atomic E-state index is 12.6. The molecule has 3 atom stereocenters. The van der Waals surface area contributed by atoms with Crippen molar-refractivity contribution < 1.29 is 9.53 Å². The van der Waals surface area contributed by atoms with Crippen molar-refractivity contribution in [3.63, 3.8) is 0 Å². The van der Waals surface area contributed by atoms with Gasteiger partial charge in [0.15, 0.2) is 0 Å². The van der Waals surface area contributed by atoms with E-state index in [1.54, 1.807) is 18.5 Å². The van der Waals surface area contributed by atoms with E-state index < -0.39 is 0 Å². The number of para-hydroxylation sites is 1. The van der Waals surface area contributed by atoms with Gasteiger partial charge in [-0.3, -0.25) is 9.78 Å². The van der Waals surface area contributed by atoms with Crippen molar-refractivity contribution in [2.45, 2.75) is 18.9 Å². The Morgan fingerprint density at radius 2 is 2.04 bits per heavy atom. The van der Waals surface area contributed by atoms with Gasteiger partial charge in [-0.1, -0.05) is 23.7 Å². The molecule has 2 aromatic rings. The van der Waals surface area contributed by atoms with Gasteiger partial charge >= 0.3 is 0 Å². The van der Waals surface area contributed by atoms with Crippen molar-refractivity contribution in [1.29, 1.82) is 0 Å². The molecular formula is C19H19ClN2O2. The molecule has 24 heavy (non-hydrogen) atoms. The van der Waals surface area contributed by atoms with Crippen molar-refractivity contribution >= 4 is 17.5 Å². The van der Waals surface area contributed by atoms with Crippen LogP contribution in [0.4, 0.5) is 0 Å². The number of nitrogens with zero attached hydrogens (tertiary/aromatic N) is 2. The zero-order valence-electron chi connectivity index (χ0n) is 13.3. The zero-order valence-corrected chi connectivity index (χ0v) is 14.0. The summed E-state index contributed by atoms with van der Waals surface area (Å²) in [5.41, 5.74) is 0.654. The summed E-state index contributed by atoms with van der Waals surface area (Å²) in [5, 5.41) is 0.641. The standard InChI is InChI=1S/C19H19ClN2O2/c20-16-5-1-2-6-18(16)24-17-8-7-14-11-22(12-15(14)17)19(23)13-4-3-9-21-10-13/h1-6,9-10,14-15,17H,7-8,11-12H2/t14-,15+,17-/m0/s1. The van der Waals surface area contributed by atoms with Crippen LogP contribution in [0.1, 0.15) is 23.2 Å². The molecule has 2 aliphatic rings. The third-order valence-corrected chi connectivity index (χ3v) is 5.41. The van der Waals surface area contributed by atoms with Crippen LogP contribution < -0.4 is 4.74 Å². The van der Waals surface area contributed by atoms with E-state index in [4.69, 9.17) is 16.3 Å². The van der Waals surface area contributed by atoms with Gasteiger partial charge in [0.25, 0.3) is 5.91 Å². The first-order chi connectivity index (χ1) is 11.7. The lowest BCUT2D eigenvalue weighted by Gasteiger charge is -2.22. The van der Waals surface area contributed by atoms with Crippen LogP contribution in [0.15, 0.2) is 48.8 Å². The molecule has 2 heterocycles. The molecule has 124 valence electrons. The maximum atomic E-state index is 12.6. The maximum Gasteiger partial charge on any atom is 0.255 e. The second kappa shape index (κ2) is 6.44. The number of aromatic nitrogens is 1. The van der Waals surface area contributed by atoms with Crippen LogP contribution >= 0.6 is 11.6 Å². The molecule has 1 saturated carbocycles. The SMILES string of the molecule is O=C(c1cccnc1)N1C[C@@H]2CC[C@H](Oc3ccccc3Cl)[C@@H]2C1. The number of carbonyl (C=O) groups excluding carboxylic acids is 1. The molecule has 0 spiro atoms.